The molecule has 0 aliphatic carbocycles. The second-order valence-electron chi connectivity index (χ2n) is 6.16. The van der Waals surface area contributed by atoms with Crippen molar-refractivity contribution in [3.8, 4) is 5.75 Å². The Morgan fingerprint density at radius 1 is 1.21 bits per heavy atom. The molecule has 0 amide bonds. The van der Waals surface area contributed by atoms with Crippen LogP contribution in [0, 0.1) is 13.8 Å². The number of pyridine rings is 1. The van der Waals surface area contributed by atoms with Crippen molar-refractivity contribution in [2.24, 2.45) is 0 Å². The molecule has 0 fully saturated rings. The van der Waals surface area contributed by atoms with E-state index in [-0.39, 0.29) is 0 Å². The van der Waals surface area contributed by atoms with Crippen LogP contribution in [0.5, 0.6) is 5.75 Å². The molecule has 0 saturated carbocycles. The Bertz CT molecular complexity index is 883. The predicted molar refractivity (Wildman–Crippen MR) is 102 cm³/mol. The number of hydrogen-bond acceptors (Lipinski definition) is 2. The van der Waals surface area contributed by atoms with Gasteiger partial charge in [-0.15, -0.1) is 0 Å². The van der Waals surface area contributed by atoms with Crippen LogP contribution in [0.2, 0.25) is 0 Å². The van der Waals surface area contributed by atoms with Gasteiger partial charge >= 0.3 is 0 Å². The predicted octanol–water partition coefficient (Wildman–Crippen LogP) is 5.27. The normalized spacial score (nSPS) is 11.2. The van der Waals surface area contributed by atoms with E-state index in [1.807, 2.05) is 12.1 Å². The Balaban J connectivity index is 2.21. The van der Waals surface area contributed by atoms with Crippen LogP contribution in [0.4, 0.5) is 0 Å². The molecular weight excluding hydrogens is 364 g/mol. The Labute approximate surface area is 151 Å². The number of nitrogens with zero attached hydrogens (tertiary/aromatic N) is 2. The van der Waals surface area contributed by atoms with E-state index in [0.29, 0.717) is 0 Å². The summed E-state index contributed by atoms with van der Waals surface area (Å²) in [5.74, 6) is 0.929. The van der Waals surface area contributed by atoms with Gasteiger partial charge in [-0.05, 0) is 53.9 Å². The summed E-state index contributed by atoms with van der Waals surface area (Å²) in [6.45, 7) is 6.46. The molecule has 2 aromatic heterocycles. The Morgan fingerprint density at radius 3 is 2.67 bits per heavy atom. The molecule has 0 aliphatic rings. The Kier molecular flexibility index (Phi) is 4.95. The highest BCUT2D eigenvalue weighted by atomic mass is 79.9. The molecule has 0 unspecified atom stereocenters. The average molecular weight is 387 g/mol. The number of fused-ring (bicyclic) bond motifs is 1. The highest BCUT2D eigenvalue weighted by molar-refractivity contribution is 9.10. The first-order valence-electron chi connectivity index (χ1n) is 8.34. The van der Waals surface area contributed by atoms with E-state index >= 15 is 0 Å². The van der Waals surface area contributed by atoms with Gasteiger partial charge in [-0.25, -0.2) is 4.98 Å². The summed E-state index contributed by atoms with van der Waals surface area (Å²) in [5, 5.41) is 0. The minimum atomic E-state index is 0.816. The van der Waals surface area contributed by atoms with Gasteiger partial charge in [-0.3, -0.25) is 4.40 Å². The van der Waals surface area contributed by atoms with Crippen LogP contribution in [-0.4, -0.2) is 16.5 Å². The summed E-state index contributed by atoms with van der Waals surface area (Å²) >= 11 is 3.72. The Morgan fingerprint density at radius 2 is 1.96 bits per heavy atom. The summed E-state index contributed by atoms with van der Waals surface area (Å²) in [5.41, 5.74) is 7.08. The first-order chi connectivity index (χ1) is 11.6. The number of rotatable bonds is 5. The summed E-state index contributed by atoms with van der Waals surface area (Å²) < 4.78 is 8.98. The lowest BCUT2D eigenvalue weighted by atomic mass is 10.1. The number of imidazole rings is 1. The zero-order valence-electron chi connectivity index (χ0n) is 14.7. The standard InChI is InChI=1S/C20H23BrN2O/c1-5-8-16-17(12-15-9-6-7-10-18(15)24-4)23-14(3)20(21)13(2)11-19(23)22-16/h6-7,9-11H,5,8,12H2,1-4H3. The third-order valence-corrected chi connectivity index (χ3v) is 5.66. The largest absolute Gasteiger partial charge is 0.496 e. The van der Waals surface area contributed by atoms with E-state index in [0.717, 1.165) is 35.1 Å². The average Bonchev–Trinajstić information content (AvgIpc) is 2.91. The fourth-order valence-electron chi connectivity index (χ4n) is 3.28. The molecule has 1 aromatic carbocycles. The maximum absolute atomic E-state index is 5.54. The van der Waals surface area contributed by atoms with E-state index in [1.165, 1.54) is 28.2 Å². The van der Waals surface area contributed by atoms with Gasteiger partial charge in [0, 0.05) is 22.2 Å². The zero-order chi connectivity index (χ0) is 17.3. The van der Waals surface area contributed by atoms with E-state index in [1.54, 1.807) is 7.11 Å². The van der Waals surface area contributed by atoms with Gasteiger partial charge in [0.05, 0.1) is 18.5 Å². The quantitative estimate of drug-likeness (QED) is 0.597. The number of benzene rings is 1. The SMILES string of the molecule is CCCc1nc2cc(C)c(Br)c(C)n2c1Cc1ccccc1OC. The molecule has 0 radical (unpaired) electrons. The van der Waals surface area contributed by atoms with Gasteiger partial charge in [0.1, 0.15) is 11.4 Å². The van der Waals surface area contributed by atoms with Crippen molar-refractivity contribution < 1.29 is 4.74 Å². The second-order valence-corrected chi connectivity index (χ2v) is 6.96. The second kappa shape index (κ2) is 6.98. The molecule has 0 aliphatic heterocycles. The van der Waals surface area contributed by atoms with Crippen molar-refractivity contribution in [1.29, 1.82) is 0 Å². The fourth-order valence-corrected chi connectivity index (χ4v) is 3.57. The monoisotopic (exact) mass is 386 g/mol. The molecule has 0 saturated heterocycles. The molecule has 24 heavy (non-hydrogen) atoms. The summed E-state index contributed by atoms with van der Waals surface area (Å²) in [4.78, 5) is 4.92. The first kappa shape index (κ1) is 17.0. The Hall–Kier alpha value is -1.81. The van der Waals surface area contributed by atoms with E-state index < -0.39 is 0 Å². The molecule has 126 valence electrons. The lowest BCUT2D eigenvalue weighted by Gasteiger charge is -2.12. The molecule has 3 rings (SSSR count). The van der Waals surface area contributed by atoms with E-state index in [4.69, 9.17) is 9.72 Å². The number of methoxy groups -OCH3 is 1. The molecule has 3 aromatic rings. The number of hydrogen-bond donors (Lipinski definition) is 0. The molecule has 2 heterocycles. The lowest BCUT2D eigenvalue weighted by molar-refractivity contribution is 0.410. The molecule has 0 atom stereocenters. The van der Waals surface area contributed by atoms with Crippen molar-refractivity contribution in [3.63, 3.8) is 0 Å². The van der Waals surface area contributed by atoms with Gasteiger partial charge in [0.2, 0.25) is 0 Å². The minimum absolute atomic E-state index is 0.816. The van der Waals surface area contributed by atoms with Crippen molar-refractivity contribution in [1.82, 2.24) is 9.38 Å². The zero-order valence-corrected chi connectivity index (χ0v) is 16.3. The molecule has 3 nitrogen and oxygen atoms in total. The van der Waals surface area contributed by atoms with Crippen LogP contribution >= 0.6 is 15.9 Å². The van der Waals surface area contributed by atoms with Crippen LogP contribution < -0.4 is 4.74 Å². The van der Waals surface area contributed by atoms with Crippen molar-refractivity contribution in [2.45, 2.75) is 40.0 Å². The summed E-state index contributed by atoms with van der Waals surface area (Å²) in [6, 6.07) is 10.4. The number of halogens is 1. The third kappa shape index (κ3) is 2.95. The van der Waals surface area contributed by atoms with Gasteiger partial charge in [-0.2, -0.15) is 0 Å². The highest BCUT2D eigenvalue weighted by Crippen LogP contribution is 2.29. The van der Waals surface area contributed by atoms with Crippen LogP contribution in [0.15, 0.2) is 34.8 Å². The van der Waals surface area contributed by atoms with Crippen LogP contribution in [0.25, 0.3) is 5.65 Å². The van der Waals surface area contributed by atoms with Crippen molar-refractivity contribution in [2.75, 3.05) is 7.11 Å². The number of ether oxygens (including phenoxy) is 1. The van der Waals surface area contributed by atoms with Crippen molar-refractivity contribution >= 4 is 21.6 Å². The van der Waals surface area contributed by atoms with Gasteiger partial charge in [-0.1, -0.05) is 31.5 Å². The number of aromatic nitrogens is 2. The molecular formula is C20H23BrN2O. The molecule has 0 bridgehead atoms. The molecule has 4 heteroatoms. The highest BCUT2D eigenvalue weighted by Gasteiger charge is 2.17. The number of para-hydroxylation sites is 1. The fraction of sp³-hybridized carbons (Fsp3) is 0.350. The maximum Gasteiger partial charge on any atom is 0.137 e. The van der Waals surface area contributed by atoms with Crippen LogP contribution in [0.3, 0.4) is 0 Å². The summed E-state index contributed by atoms with van der Waals surface area (Å²) in [7, 11) is 1.73. The summed E-state index contributed by atoms with van der Waals surface area (Å²) in [6.07, 6.45) is 2.89. The van der Waals surface area contributed by atoms with E-state index in [2.05, 4.69) is 59.3 Å². The van der Waals surface area contributed by atoms with Crippen molar-refractivity contribution in [3.05, 3.63) is 63.0 Å². The smallest absolute Gasteiger partial charge is 0.137 e. The maximum atomic E-state index is 5.54. The lowest BCUT2D eigenvalue weighted by Crippen LogP contribution is -2.04. The third-order valence-electron chi connectivity index (χ3n) is 4.46. The molecule has 0 N–H and O–H groups in total. The number of aryl methyl sites for hydroxylation is 3. The van der Waals surface area contributed by atoms with E-state index in [9.17, 15) is 0 Å². The van der Waals surface area contributed by atoms with Gasteiger partial charge < -0.3 is 4.74 Å². The first-order valence-corrected chi connectivity index (χ1v) is 9.13. The van der Waals surface area contributed by atoms with Gasteiger partial charge in [0.25, 0.3) is 0 Å². The molecule has 0 spiro atoms. The van der Waals surface area contributed by atoms with Crippen LogP contribution in [-0.2, 0) is 12.8 Å². The van der Waals surface area contributed by atoms with Gasteiger partial charge in [0.15, 0.2) is 0 Å². The van der Waals surface area contributed by atoms with Crippen LogP contribution in [0.1, 0.15) is 41.6 Å². The topological polar surface area (TPSA) is 26.5 Å². The minimum Gasteiger partial charge on any atom is -0.496 e.